The van der Waals surface area contributed by atoms with Crippen LogP contribution in [-0.4, -0.2) is 36.9 Å². The number of amides is 1. The number of aromatic nitrogens is 1. The molecule has 1 aromatic rings. The average molecular weight is 351 g/mol. The fourth-order valence-electron chi connectivity index (χ4n) is 3.42. The lowest BCUT2D eigenvalue weighted by molar-refractivity contribution is 0.0926. The number of hydrogen-bond acceptors (Lipinski definition) is 5. The third-order valence-electron chi connectivity index (χ3n) is 4.97. The van der Waals surface area contributed by atoms with Crippen molar-refractivity contribution in [2.24, 2.45) is 5.73 Å². The van der Waals surface area contributed by atoms with Crippen LogP contribution < -0.4 is 11.1 Å². The first-order valence-electron chi connectivity index (χ1n) is 8.58. The van der Waals surface area contributed by atoms with E-state index in [2.05, 4.69) is 10.3 Å². The molecular formula is C17H25N3O3S. The van der Waals surface area contributed by atoms with E-state index in [4.69, 9.17) is 5.73 Å². The summed E-state index contributed by atoms with van der Waals surface area (Å²) in [6.07, 6.45) is 6.22. The normalized spacial score (nSPS) is 24.6. The van der Waals surface area contributed by atoms with E-state index in [9.17, 15) is 13.2 Å². The number of carbonyl (C=O) groups excluding carboxylic acids is 1. The highest BCUT2D eigenvalue weighted by molar-refractivity contribution is 7.91. The monoisotopic (exact) mass is 351 g/mol. The maximum absolute atomic E-state index is 12.7. The van der Waals surface area contributed by atoms with Gasteiger partial charge in [-0.1, -0.05) is 6.42 Å². The smallest absolute Gasteiger partial charge is 0.253 e. The molecular weight excluding hydrogens is 326 g/mol. The third-order valence-corrected chi connectivity index (χ3v) is 6.61. The van der Waals surface area contributed by atoms with Gasteiger partial charge in [-0.3, -0.25) is 9.78 Å². The van der Waals surface area contributed by atoms with E-state index in [1.54, 1.807) is 12.1 Å². The van der Waals surface area contributed by atoms with E-state index in [-0.39, 0.29) is 17.2 Å². The Morgan fingerprint density at radius 1 is 1.29 bits per heavy atom. The first kappa shape index (κ1) is 17.4. The SMILES string of the molecule is CS(=O)(=O)[C@@H]1CCC[C@@H](NC(=O)c2ccc(CN)nc2C2CC2)C1. The van der Waals surface area contributed by atoms with Crippen molar-refractivity contribution in [3.05, 3.63) is 29.1 Å². The Kier molecular flexibility index (Phi) is 4.92. The van der Waals surface area contributed by atoms with Gasteiger partial charge in [0.05, 0.1) is 22.2 Å². The summed E-state index contributed by atoms with van der Waals surface area (Å²) in [5, 5.41) is 2.67. The highest BCUT2D eigenvalue weighted by atomic mass is 32.2. The number of rotatable bonds is 5. The molecule has 3 rings (SSSR count). The van der Waals surface area contributed by atoms with Crippen molar-refractivity contribution in [3.63, 3.8) is 0 Å². The van der Waals surface area contributed by atoms with Gasteiger partial charge >= 0.3 is 0 Å². The number of hydrogen-bond donors (Lipinski definition) is 2. The zero-order valence-corrected chi connectivity index (χ0v) is 14.8. The molecule has 24 heavy (non-hydrogen) atoms. The Balaban J connectivity index is 1.73. The van der Waals surface area contributed by atoms with Crippen LogP contribution in [-0.2, 0) is 16.4 Å². The van der Waals surface area contributed by atoms with Gasteiger partial charge in [0.1, 0.15) is 9.84 Å². The minimum Gasteiger partial charge on any atom is -0.349 e. The first-order chi connectivity index (χ1) is 11.4. The molecule has 0 aliphatic heterocycles. The van der Waals surface area contributed by atoms with E-state index in [1.165, 1.54) is 6.26 Å². The second kappa shape index (κ2) is 6.80. The second-order valence-corrected chi connectivity index (χ2v) is 9.33. The Labute approximate surface area is 143 Å². The lowest BCUT2D eigenvalue weighted by atomic mass is 9.94. The molecule has 0 aromatic carbocycles. The number of pyridine rings is 1. The Morgan fingerprint density at radius 3 is 2.67 bits per heavy atom. The lowest BCUT2D eigenvalue weighted by Crippen LogP contribution is -2.42. The molecule has 6 nitrogen and oxygen atoms in total. The van der Waals surface area contributed by atoms with Gasteiger partial charge in [-0.05, 0) is 44.2 Å². The van der Waals surface area contributed by atoms with Crippen LogP contribution in [0.15, 0.2) is 12.1 Å². The minimum atomic E-state index is -3.06. The molecule has 1 heterocycles. The summed E-state index contributed by atoms with van der Waals surface area (Å²) in [5.74, 6) is 0.208. The highest BCUT2D eigenvalue weighted by Crippen LogP contribution is 2.40. The molecule has 2 fully saturated rings. The van der Waals surface area contributed by atoms with Crippen LogP contribution in [0.4, 0.5) is 0 Å². The zero-order valence-electron chi connectivity index (χ0n) is 14.0. The van der Waals surface area contributed by atoms with Gasteiger partial charge in [0.2, 0.25) is 0 Å². The van der Waals surface area contributed by atoms with Crippen molar-refractivity contribution in [1.29, 1.82) is 0 Å². The van der Waals surface area contributed by atoms with Crippen LogP contribution in [0, 0.1) is 0 Å². The number of nitrogens with zero attached hydrogens (tertiary/aromatic N) is 1. The molecule has 2 saturated carbocycles. The van der Waals surface area contributed by atoms with Crippen molar-refractivity contribution >= 4 is 15.7 Å². The summed E-state index contributed by atoms with van der Waals surface area (Å²) in [6, 6.07) is 3.50. The van der Waals surface area contributed by atoms with Crippen molar-refractivity contribution in [3.8, 4) is 0 Å². The summed E-state index contributed by atoms with van der Waals surface area (Å²) in [4.78, 5) is 17.2. The van der Waals surface area contributed by atoms with E-state index in [0.29, 0.717) is 30.9 Å². The molecule has 0 saturated heterocycles. The summed E-state index contributed by atoms with van der Waals surface area (Å²) in [5.41, 5.74) is 7.89. The van der Waals surface area contributed by atoms with Crippen LogP contribution in [0.2, 0.25) is 0 Å². The predicted molar refractivity (Wildman–Crippen MR) is 92.5 cm³/mol. The Morgan fingerprint density at radius 2 is 2.04 bits per heavy atom. The predicted octanol–water partition coefficient (Wildman–Crippen LogP) is 1.50. The molecule has 1 aromatic heterocycles. The largest absolute Gasteiger partial charge is 0.349 e. The molecule has 0 bridgehead atoms. The fraction of sp³-hybridized carbons (Fsp3) is 0.647. The number of nitrogens with two attached hydrogens (primary N) is 1. The molecule has 0 unspecified atom stereocenters. The van der Waals surface area contributed by atoms with Crippen molar-refractivity contribution in [2.75, 3.05) is 6.26 Å². The quantitative estimate of drug-likeness (QED) is 0.837. The molecule has 0 radical (unpaired) electrons. The molecule has 7 heteroatoms. The van der Waals surface area contributed by atoms with Crippen molar-refractivity contribution < 1.29 is 13.2 Å². The first-order valence-corrected chi connectivity index (χ1v) is 10.5. The maximum atomic E-state index is 12.7. The Bertz CT molecular complexity index is 729. The van der Waals surface area contributed by atoms with Gasteiger partial charge in [0.25, 0.3) is 5.91 Å². The molecule has 1 amide bonds. The Hall–Kier alpha value is -1.47. The minimum absolute atomic E-state index is 0.0905. The van der Waals surface area contributed by atoms with Gasteiger partial charge in [0, 0.05) is 24.8 Å². The topological polar surface area (TPSA) is 102 Å². The molecule has 3 N–H and O–H groups in total. The lowest BCUT2D eigenvalue weighted by Gasteiger charge is -2.28. The second-order valence-electron chi connectivity index (χ2n) is 7.00. The van der Waals surface area contributed by atoms with Crippen molar-refractivity contribution in [2.45, 2.75) is 62.3 Å². The molecule has 2 aliphatic carbocycles. The molecule has 2 atom stereocenters. The number of sulfone groups is 1. The molecule has 2 aliphatic rings. The van der Waals surface area contributed by atoms with Gasteiger partial charge < -0.3 is 11.1 Å². The van der Waals surface area contributed by atoms with Crippen LogP contribution in [0.25, 0.3) is 0 Å². The number of carbonyl (C=O) groups is 1. The summed E-state index contributed by atoms with van der Waals surface area (Å²) in [7, 11) is -3.06. The van der Waals surface area contributed by atoms with Gasteiger partial charge in [-0.2, -0.15) is 0 Å². The maximum Gasteiger partial charge on any atom is 0.253 e. The van der Waals surface area contributed by atoms with E-state index < -0.39 is 9.84 Å². The van der Waals surface area contributed by atoms with E-state index in [0.717, 1.165) is 37.1 Å². The van der Waals surface area contributed by atoms with Gasteiger partial charge in [-0.15, -0.1) is 0 Å². The van der Waals surface area contributed by atoms with Crippen LogP contribution in [0.1, 0.15) is 66.2 Å². The van der Waals surface area contributed by atoms with Crippen molar-refractivity contribution in [1.82, 2.24) is 10.3 Å². The summed E-state index contributed by atoms with van der Waals surface area (Å²) in [6.45, 7) is 0.361. The van der Waals surface area contributed by atoms with Crippen LogP contribution in [0.3, 0.4) is 0 Å². The van der Waals surface area contributed by atoms with Gasteiger partial charge in [0.15, 0.2) is 0 Å². The third kappa shape index (κ3) is 3.95. The van der Waals surface area contributed by atoms with Crippen LogP contribution in [0.5, 0.6) is 0 Å². The summed E-state index contributed by atoms with van der Waals surface area (Å²) >= 11 is 0. The average Bonchev–Trinajstić information content (AvgIpc) is 3.38. The number of nitrogens with one attached hydrogen (secondary N) is 1. The zero-order chi connectivity index (χ0) is 17.3. The van der Waals surface area contributed by atoms with Crippen LogP contribution >= 0.6 is 0 Å². The van der Waals surface area contributed by atoms with E-state index >= 15 is 0 Å². The van der Waals surface area contributed by atoms with E-state index in [1.807, 2.05) is 0 Å². The fourth-order valence-corrected chi connectivity index (χ4v) is 4.60. The van der Waals surface area contributed by atoms with Gasteiger partial charge in [-0.25, -0.2) is 8.42 Å². The molecule has 0 spiro atoms. The summed E-state index contributed by atoms with van der Waals surface area (Å²) < 4.78 is 23.6. The molecule has 132 valence electrons. The highest BCUT2D eigenvalue weighted by Gasteiger charge is 2.32. The standard InChI is InChI=1S/C17H25N3O3S/c1-24(22,23)14-4-2-3-12(9-14)20-17(21)15-8-7-13(10-18)19-16(15)11-5-6-11/h7-8,11-12,14H,2-6,9-10,18H2,1H3,(H,20,21)/t12-,14-/m1/s1.